The lowest BCUT2D eigenvalue weighted by Gasteiger charge is -2.25. The van der Waals surface area contributed by atoms with Crippen LogP contribution in [0.5, 0.6) is 0 Å². The number of aryl methyl sites for hydroxylation is 1. The fourth-order valence-electron chi connectivity index (χ4n) is 1.92. The third-order valence-corrected chi connectivity index (χ3v) is 6.52. The van der Waals surface area contributed by atoms with E-state index in [0.717, 1.165) is 30.6 Å². The van der Waals surface area contributed by atoms with Crippen LogP contribution in [-0.2, 0) is 10.0 Å². The Bertz CT molecular complexity index is 509. The van der Waals surface area contributed by atoms with Gasteiger partial charge in [0.15, 0.2) is 9.34 Å². The summed E-state index contributed by atoms with van der Waals surface area (Å²) in [5.74, 6) is 0. The molecule has 0 amide bonds. The Hall–Kier alpha value is -0.660. The first kappa shape index (κ1) is 16.4. The number of nitrogens with two attached hydrogens (primary N) is 1. The molecule has 110 valence electrons. The van der Waals surface area contributed by atoms with E-state index in [-0.39, 0.29) is 10.3 Å². The lowest BCUT2D eigenvalue weighted by molar-refractivity contribution is 0.346. The lowest BCUT2D eigenvalue weighted by Crippen LogP contribution is -2.37. The first-order valence-corrected chi connectivity index (χ1v) is 8.81. The van der Waals surface area contributed by atoms with Gasteiger partial charge in [-0.3, -0.25) is 0 Å². The van der Waals surface area contributed by atoms with Gasteiger partial charge in [0.25, 0.3) is 10.0 Å². The maximum Gasteiger partial charge on any atom is 0.254 e. The summed E-state index contributed by atoms with van der Waals surface area (Å²) in [4.78, 5) is 4.01. The standard InChI is InChI=1S/C12H23N3O2S2/c1-5-6-7-8-15(9(2)3)19(16,17)11-10(4)14-12(13)18-11/h9H,5-8H2,1-4H3,(H2,13,14). The quantitative estimate of drug-likeness (QED) is 0.786. The predicted octanol–water partition coefficient (Wildman–Crippen LogP) is 2.62. The molecule has 0 bridgehead atoms. The van der Waals surface area contributed by atoms with Gasteiger partial charge in [0.2, 0.25) is 0 Å². The third-order valence-electron chi connectivity index (χ3n) is 2.87. The van der Waals surface area contributed by atoms with Crippen LogP contribution in [0.4, 0.5) is 5.13 Å². The average molecular weight is 305 g/mol. The van der Waals surface area contributed by atoms with E-state index >= 15 is 0 Å². The first-order chi connectivity index (χ1) is 8.80. The molecule has 1 aromatic heterocycles. The molecule has 0 aromatic carbocycles. The summed E-state index contributed by atoms with van der Waals surface area (Å²) < 4.78 is 27.1. The van der Waals surface area contributed by atoms with Crippen LogP contribution in [0.2, 0.25) is 0 Å². The minimum Gasteiger partial charge on any atom is -0.375 e. The summed E-state index contributed by atoms with van der Waals surface area (Å²) >= 11 is 1.04. The number of hydrogen-bond acceptors (Lipinski definition) is 5. The molecule has 1 heterocycles. The van der Waals surface area contributed by atoms with Crippen LogP contribution in [0.15, 0.2) is 4.21 Å². The molecule has 2 N–H and O–H groups in total. The van der Waals surface area contributed by atoms with Crippen LogP contribution in [0.25, 0.3) is 0 Å². The smallest absolute Gasteiger partial charge is 0.254 e. The number of nitrogens with zero attached hydrogens (tertiary/aromatic N) is 2. The summed E-state index contributed by atoms with van der Waals surface area (Å²) in [7, 11) is -3.48. The second kappa shape index (κ2) is 6.67. The van der Waals surface area contributed by atoms with Crippen LogP contribution >= 0.6 is 11.3 Å². The number of nitrogen functional groups attached to an aromatic ring is 1. The Morgan fingerprint density at radius 1 is 1.37 bits per heavy atom. The van der Waals surface area contributed by atoms with Gasteiger partial charge in [0.05, 0.1) is 5.69 Å². The first-order valence-electron chi connectivity index (χ1n) is 6.55. The van der Waals surface area contributed by atoms with E-state index in [1.807, 2.05) is 13.8 Å². The second-order valence-electron chi connectivity index (χ2n) is 4.84. The summed E-state index contributed by atoms with van der Waals surface area (Å²) in [6.07, 6.45) is 2.97. The minimum absolute atomic E-state index is 0.0652. The van der Waals surface area contributed by atoms with Crippen LogP contribution in [0.1, 0.15) is 45.7 Å². The van der Waals surface area contributed by atoms with Crippen LogP contribution in [-0.4, -0.2) is 30.3 Å². The van der Waals surface area contributed by atoms with Crippen molar-refractivity contribution in [1.29, 1.82) is 0 Å². The van der Waals surface area contributed by atoms with E-state index in [9.17, 15) is 8.42 Å². The lowest BCUT2D eigenvalue weighted by atomic mass is 10.2. The Morgan fingerprint density at radius 3 is 2.42 bits per heavy atom. The van der Waals surface area contributed by atoms with Gasteiger partial charge in [0.1, 0.15) is 0 Å². The molecule has 1 rings (SSSR count). The summed E-state index contributed by atoms with van der Waals surface area (Å²) in [6, 6.07) is -0.0652. The molecule has 7 heteroatoms. The highest BCUT2D eigenvalue weighted by atomic mass is 32.2. The Kier molecular flexibility index (Phi) is 5.76. The zero-order chi connectivity index (χ0) is 14.6. The van der Waals surface area contributed by atoms with Crippen molar-refractivity contribution in [3.63, 3.8) is 0 Å². The molecule has 0 saturated carbocycles. The molecule has 0 unspecified atom stereocenters. The van der Waals surface area contributed by atoms with Crippen molar-refractivity contribution in [1.82, 2.24) is 9.29 Å². The highest BCUT2D eigenvalue weighted by molar-refractivity contribution is 7.91. The Morgan fingerprint density at radius 2 is 2.00 bits per heavy atom. The number of rotatable bonds is 7. The van der Waals surface area contributed by atoms with Crippen LogP contribution in [0.3, 0.4) is 0 Å². The predicted molar refractivity (Wildman–Crippen MR) is 79.8 cm³/mol. The van der Waals surface area contributed by atoms with Gasteiger partial charge in [-0.2, -0.15) is 4.31 Å². The topological polar surface area (TPSA) is 76.3 Å². The molecule has 0 atom stereocenters. The molecule has 5 nitrogen and oxygen atoms in total. The number of aromatic nitrogens is 1. The molecule has 0 aliphatic carbocycles. The van der Waals surface area contributed by atoms with Gasteiger partial charge >= 0.3 is 0 Å². The molecule has 0 aliphatic heterocycles. The highest BCUT2D eigenvalue weighted by Crippen LogP contribution is 2.29. The number of hydrogen-bond donors (Lipinski definition) is 1. The van der Waals surface area contributed by atoms with Crippen molar-refractivity contribution in [2.75, 3.05) is 12.3 Å². The minimum atomic E-state index is -3.48. The molecular formula is C12H23N3O2S2. The zero-order valence-corrected chi connectivity index (χ0v) is 13.6. The van der Waals surface area contributed by atoms with Gasteiger partial charge in [-0.15, -0.1) is 0 Å². The van der Waals surface area contributed by atoms with Gasteiger partial charge < -0.3 is 5.73 Å². The summed E-state index contributed by atoms with van der Waals surface area (Å²) in [5.41, 5.74) is 6.09. The van der Waals surface area contributed by atoms with Crippen LogP contribution in [0, 0.1) is 6.92 Å². The molecule has 0 saturated heterocycles. The molecule has 0 radical (unpaired) electrons. The largest absolute Gasteiger partial charge is 0.375 e. The number of anilines is 1. The van der Waals surface area contributed by atoms with Crippen molar-refractivity contribution < 1.29 is 8.42 Å². The van der Waals surface area contributed by atoms with E-state index in [4.69, 9.17) is 5.73 Å². The van der Waals surface area contributed by atoms with Crippen molar-refractivity contribution in [2.45, 2.75) is 57.2 Å². The van der Waals surface area contributed by atoms with Gasteiger partial charge in [-0.05, 0) is 27.2 Å². The maximum absolute atomic E-state index is 12.6. The monoisotopic (exact) mass is 305 g/mol. The molecule has 0 aliphatic rings. The fourth-order valence-corrected chi connectivity index (χ4v) is 5.01. The van der Waals surface area contributed by atoms with Gasteiger partial charge in [-0.25, -0.2) is 13.4 Å². The van der Waals surface area contributed by atoms with Crippen LogP contribution < -0.4 is 5.73 Å². The fraction of sp³-hybridized carbons (Fsp3) is 0.750. The molecule has 19 heavy (non-hydrogen) atoms. The normalized spacial score (nSPS) is 12.5. The Labute approximate surface area is 119 Å². The Balaban J connectivity index is 3.03. The summed E-state index contributed by atoms with van der Waals surface area (Å²) in [6.45, 7) is 8.12. The maximum atomic E-state index is 12.6. The van der Waals surface area contributed by atoms with E-state index in [1.165, 1.54) is 0 Å². The third kappa shape index (κ3) is 3.90. The van der Waals surface area contributed by atoms with Gasteiger partial charge in [-0.1, -0.05) is 31.1 Å². The van der Waals surface area contributed by atoms with Crippen molar-refractivity contribution in [3.05, 3.63) is 5.69 Å². The molecule has 1 aromatic rings. The number of unbranched alkanes of at least 4 members (excludes halogenated alkanes) is 2. The van der Waals surface area contributed by atoms with E-state index in [2.05, 4.69) is 11.9 Å². The van der Waals surface area contributed by atoms with Crippen molar-refractivity contribution in [3.8, 4) is 0 Å². The SMILES string of the molecule is CCCCCN(C(C)C)S(=O)(=O)c1sc(N)nc1C. The van der Waals surface area contributed by atoms with E-state index < -0.39 is 10.0 Å². The van der Waals surface area contributed by atoms with Crippen molar-refractivity contribution >= 4 is 26.5 Å². The molecular weight excluding hydrogens is 282 g/mol. The van der Waals surface area contributed by atoms with Crippen molar-refractivity contribution in [2.24, 2.45) is 0 Å². The summed E-state index contributed by atoms with van der Waals surface area (Å²) in [5, 5.41) is 0.299. The van der Waals surface area contributed by atoms with E-state index in [1.54, 1.807) is 11.2 Å². The molecule has 0 spiro atoms. The number of sulfonamides is 1. The second-order valence-corrected chi connectivity index (χ2v) is 7.96. The van der Waals surface area contributed by atoms with E-state index in [0.29, 0.717) is 17.4 Å². The molecule has 0 fully saturated rings. The van der Waals surface area contributed by atoms with Gasteiger partial charge in [0, 0.05) is 12.6 Å². The average Bonchev–Trinajstić information content (AvgIpc) is 2.64. The zero-order valence-electron chi connectivity index (χ0n) is 12.0. The number of thiazole rings is 1. The highest BCUT2D eigenvalue weighted by Gasteiger charge is 2.30.